The molecule has 0 amide bonds. The zero-order valence-corrected chi connectivity index (χ0v) is 15.0. The van der Waals surface area contributed by atoms with Crippen LogP contribution in [0.25, 0.3) is 17.2 Å². The molecule has 1 aliphatic rings. The maximum atomic E-state index is 13.0. The van der Waals surface area contributed by atoms with Crippen molar-refractivity contribution in [2.75, 3.05) is 18.0 Å². The number of nitrogens with zero attached hydrogens (tertiary/aromatic N) is 7. The fourth-order valence-electron chi connectivity index (χ4n) is 3.56. The van der Waals surface area contributed by atoms with E-state index in [-0.39, 0.29) is 0 Å². The average molecular weight is 400 g/mol. The van der Waals surface area contributed by atoms with E-state index < -0.39 is 11.9 Å². The molecule has 4 aromatic rings. The monoisotopic (exact) mass is 400 g/mol. The highest BCUT2D eigenvalue weighted by Gasteiger charge is 2.33. The number of aromatic amines is 1. The predicted octanol–water partition coefficient (Wildman–Crippen LogP) is 2.92. The van der Waals surface area contributed by atoms with Gasteiger partial charge in [0.15, 0.2) is 17.2 Å². The molecule has 1 aliphatic heterocycles. The molecule has 0 spiro atoms. The van der Waals surface area contributed by atoms with Crippen LogP contribution >= 0.6 is 0 Å². The first kappa shape index (κ1) is 17.6. The highest BCUT2D eigenvalue weighted by atomic mass is 19.4. The van der Waals surface area contributed by atoms with Gasteiger partial charge in [0.05, 0.1) is 18.7 Å². The maximum absolute atomic E-state index is 13.0. The molecular formula is C18H15F3N8. The van der Waals surface area contributed by atoms with Gasteiger partial charge < -0.3 is 9.88 Å². The van der Waals surface area contributed by atoms with Crippen molar-refractivity contribution in [2.45, 2.75) is 18.5 Å². The Hall–Kier alpha value is -3.50. The number of aromatic nitrogens is 7. The van der Waals surface area contributed by atoms with Gasteiger partial charge in [0.25, 0.3) is 0 Å². The third-order valence-corrected chi connectivity index (χ3v) is 5.03. The minimum Gasteiger partial charge on any atom is -0.356 e. The Bertz CT molecular complexity index is 1150. The summed E-state index contributed by atoms with van der Waals surface area (Å²) in [5, 5.41) is 0. The molecule has 5 rings (SSSR count). The minimum atomic E-state index is -4.55. The average Bonchev–Trinajstić information content (AvgIpc) is 3.46. The third-order valence-electron chi connectivity index (χ3n) is 5.03. The van der Waals surface area contributed by atoms with Crippen LogP contribution in [0.2, 0.25) is 0 Å². The van der Waals surface area contributed by atoms with Gasteiger partial charge in [-0.3, -0.25) is 4.40 Å². The lowest BCUT2D eigenvalue weighted by Crippen LogP contribution is -2.20. The summed E-state index contributed by atoms with van der Waals surface area (Å²) in [6.45, 7) is 1.59. The Morgan fingerprint density at radius 1 is 1.10 bits per heavy atom. The van der Waals surface area contributed by atoms with Crippen LogP contribution in [0, 0.1) is 0 Å². The number of halogens is 3. The standard InChI is InChI=1S/C18H15F3N8/c19-18(20,21)14-9-29-13(6-25-16(29)7-24-14)17-23-3-1-15(27-17)28-4-2-11(8-28)12-5-22-10-26-12/h1,3,5-7,9-11H,2,4,8H2,(H,22,26). The summed E-state index contributed by atoms with van der Waals surface area (Å²) in [5.74, 6) is 1.35. The first-order valence-electron chi connectivity index (χ1n) is 8.96. The molecule has 11 heteroatoms. The number of hydrogen-bond acceptors (Lipinski definition) is 6. The van der Waals surface area contributed by atoms with Crippen molar-refractivity contribution in [1.29, 1.82) is 0 Å². The quantitative estimate of drug-likeness (QED) is 0.569. The number of rotatable bonds is 3. The number of hydrogen-bond donors (Lipinski definition) is 1. The molecule has 1 unspecified atom stereocenters. The van der Waals surface area contributed by atoms with E-state index in [4.69, 9.17) is 0 Å². The smallest absolute Gasteiger partial charge is 0.356 e. The first-order valence-corrected chi connectivity index (χ1v) is 8.96. The molecule has 4 aromatic heterocycles. The van der Waals surface area contributed by atoms with Gasteiger partial charge in [-0.2, -0.15) is 13.2 Å². The maximum Gasteiger partial charge on any atom is 0.434 e. The molecule has 8 nitrogen and oxygen atoms in total. The lowest BCUT2D eigenvalue weighted by molar-refractivity contribution is -0.141. The number of nitrogens with one attached hydrogen (secondary N) is 1. The normalized spacial score (nSPS) is 17.3. The molecule has 1 N–H and O–H groups in total. The fraction of sp³-hybridized carbons (Fsp3) is 0.278. The van der Waals surface area contributed by atoms with Gasteiger partial charge in [-0.05, 0) is 12.5 Å². The van der Waals surface area contributed by atoms with E-state index in [2.05, 4.69) is 34.8 Å². The van der Waals surface area contributed by atoms with Crippen molar-refractivity contribution in [3.8, 4) is 11.5 Å². The van der Waals surface area contributed by atoms with Crippen molar-refractivity contribution >= 4 is 11.5 Å². The summed E-state index contributed by atoms with van der Waals surface area (Å²) in [7, 11) is 0. The Morgan fingerprint density at radius 2 is 2.00 bits per heavy atom. The van der Waals surface area contributed by atoms with E-state index in [0.717, 1.165) is 43.4 Å². The molecule has 1 saturated heterocycles. The SMILES string of the molecule is FC(F)(F)c1cn2c(-c3nccc(N4CCC(c5cnc[nH]5)C4)n3)cnc2cn1. The summed E-state index contributed by atoms with van der Waals surface area (Å²) in [4.78, 5) is 25.7. The second-order valence-electron chi connectivity index (χ2n) is 6.82. The van der Waals surface area contributed by atoms with Crippen LogP contribution in [-0.2, 0) is 6.18 Å². The van der Waals surface area contributed by atoms with E-state index >= 15 is 0 Å². The van der Waals surface area contributed by atoms with E-state index in [1.807, 2.05) is 6.20 Å². The van der Waals surface area contributed by atoms with Crippen molar-refractivity contribution in [1.82, 2.24) is 34.3 Å². The summed E-state index contributed by atoms with van der Waals surface area (Å²) in [5.41, 5.74) is 0.750. The lowest BCUT2D eigenvalue weighted by Gasteiger charge is -2.17. The molecule has 148 valence electrons. The first-order chi connectivity index (χ1) is 14.0. The van der Waals surface area contributed by atoms with E-state index in [1.165, 1.54) is 10.6 Å². The highest BCUT2D eigenvalue weighted by Crippen LogP contribution is 2.31. The van der Waals surface area contributed by atoms with Crippen LogP contribution in [0.5, 0.6) is 0 Å². The van der Waals surface area contributed by atoms with Gasteiger partial charge >= 0.3 is 6.18 Å². The molecule has 1 fully saturated rings. The van der Waals surface area contributed by atoms with Crippen LogP contribution < -0.4 is 4.90 Å². The second-order valence-corrected chi connectivity index (χ2v) is 6.82. The van der Waals surface area contributed by atoms with Gasteiger partial charge in [0.1, 0.15) is 11.5 Å². The van der Waals surface area contributed by atoms with Gasteiger partial charge in [-0.25, -0.2) is 24.9 Å². The Balaban J connectivity index is 1.47. The molecule has 0 saturated carbocycles. The van der Waals surface area contributed by atoms with E-state index in [1.54, 1.807) is 18.6 Å². The topological polar surface area (TPSA) is 87.9 Å². The Labute approximate surface area is 162 Å². The van der Waals surface area contributed by atoms with Gasteiger partial charge in [0, 0.05) is 43.3 Å². The largest absolute Gasteiger partial charge is 0.434 e. The Morgan fingerprint density at radius 3 is 2.79 bits per heavy atom. The molecule has 0 radical (unpaired) electrons. The molecule has 0 aliphatic carbocycles. The van der Waals surface area contributed by atoms with Crippen LogP contribution in [0.3, 0.4) is 0 Å². The van der Waals surface area contributed by atoms with Crippen LogP contribution in [-0.4, -0.2) is 47.4 Å². The number of fused-ring (bicyclic) bond motifs is 1. The molecule has 1 atom stereocenters. The van der Waals surface area contributed by atoms with Crippen molar-refractivity contribution < 1.29 is 13.2 Å². The van der Waals surface area contributed by atoms with Gasteiger partial charge in [0.2, 0.25) is 0 Å². The zero-order chi connectivity index (χ0) is 20.0. The van der Waals surface area contributed by atoms with Crippen LogP contribution in [0.1, 0.15) is 23.7 Å². The summed E-state index contributed by atoms with van der Waals surface area (Å²) in [6, 6.07) is 1.80. The van der Waals surface area contributed by atoms with Crippen molar-refractivity contribution in [3.05, 3.63) is 54.8 Å². The van der Waals surface area contributed by atoms with Crippen molar-refractivity contribution in [3.63, 3.8) is 0 Å². The van der Waals surface area contributed by atoms with E-state index in [0.29, 0.717) is 23.1 Å². The minimum absolute atomic E-state index is 0.294. The van der Waals surface area contributed by atoms with Crippen LogP contribution in [0.15, 0.2) is 43.4 Å². The van der Waals surface area contributed by atoms with Gasteiger partial charge in [-0.15, -0.1) is 0 Å². The highest BCUT2D eigenvalue weighted by molar-refractivity contribution is 5.58. The molecule has 0 bridgehead atoms. The predicted molar refractivity (Wildman–Crippen MR) is 97.2 cm³/mol. The van der Waals surface area contributed by atoms with Crippen molar-refractivity contribution in [2.24, 2.45) is 0 Å². The van der Waals surface area contributed by atoms with Crippen LogP contribution in [0.4, 0.5) is 19.0 Å². The van der Waals surface area contributed by atoms with E-state index in [9.17, 15) is 13.2 Å². The summed E-state index contributed by atoms with van der Waals surface area (Å²) in [6.07, 6.45) is 4.96. The van der Waals surface area contributed by atoms with Gasteiger partial charge in [-0.1, -0.05) is 0 Å². The molecule has 5 heterocycles. The number of anilines is 1. The molecular weight excluding hydrogens is 385 g/mol. The lowest BCUT2D eigenvalue weighted by atomic mass is 10.1. The second kappa shape index (κ2) is 6.54. The number of alkyl halides is 3. The summed E-state index contributed by atoms with van der Waals surface area (Å²) >= 11 is 0. The molecule has 29 heavy (non-hydrogen) atoms. The fourth-order valence-corrected chi connectivity index (χ4v) is 3.56. The summed E-state index contributed by atoms with van der Waals surface area (Å²) < 4.78 is 40.4. The molecule has 0 aromatic carbocycles. The number of imidazole rings is 2. The number of H-pyrrole nitrogens is 1. The zero-order valence-electron chi connectivity index (χ0n) is 15.0. The third kappa shape index (κ3) is 3.18. The Kier molecular flexibility index (Phi) is 3.96.